The van der Waals surface area contributed by atoms with Gasteiger partial charge in [-0.3, -0.25) is 37.3 Å². The summed E-state index contributed by atoms with van der Waals surface area (Å²) >= 11 is 0. The van der Waals surface area contributed by atoms with E-state index in [1.54, 1.807) is 0 Å². The molecule has 0 aromatic heterocycles. The minimum absolute atomic E-state index is 0.108. The van der Waals surface area contributed by atoms with E-state index in [0.717, 1.165) is 102 Å². The number of phosphoric acid groups is 2. The smallest absolute Gasteiger partial charge is 0.462 e. The molecule has 2 unspecified atom stereocenters. The van der Waals surface area contributed by atoms with Gasteiger partial charge >= 0.3 is 39.5 Å². The van der Waals surface area contributed by atoms with Crippen molar-refractivity contribution >= 4 is 39.5 Å². The highest BCUT2D eigenvalue weighted by Gasteiger charge is 2.30. The van der Waals surface area contributed by atoms with Gasteiger partial charge in [0.25, 0.3) is 0 Å². The van der Waals surface area contributed by atoms with Gasteiger partial charge in [0.05, 0.1) is 26.4 Å². The van der Waals surface area contributed by atoms with E-state index >= 15 is 0 Å². The van der Waals surface area contributed by atoms with E-state index in [9.17, 15) is 43.2 Å². The minimum Gasteiger partial charge on any atom is -0.462 e. The Kier molecular flexibility index (Phi) is 68.7. The van der Waals surface area contributed by atoms with E-state index in [0.29, 0.717) is 25.7 Å². The van der Waals surface area contributed by atoms with Crippen LogP contribution in [0.25, 0.3) is 0 Å². The van der Waals surface area contributed by atoms with Gasteiger partial charge in [-0.05, 0) is 31.6 Å². The van der Waals surface area contributed by atoms with Crippen molar-refractivity contribution in [1.82, 2.24) is 0 Å². The van der Waals surface area contributed by atoms with Crippen molar-refractivity contribution in [3.63, 3.8) is 0 Å². The molecule has 0 aromatic carbocycles. The molecular weight excluding hydrogens is 1260 g/mol. The third-order valence-electron chi connectivity index (χ3n) is 18.0. The zero-order valence-corrected chi connectivity index (χ0v) is 64.3. The van der Waals surface area contributed by atoms with Gasteiger partial charge in [-0.25, -0.2) is 9.13 Å². The van der Waals surface area contributed by atoms with Crippen molar-refractivity contribution in [2.45, 2.75) is 425 Å². The molecule has 0 saturated heterocycles. The molecule has 0 rings (SSSR count). The van der Waals surface area contributed by atoms with E-state index in [4.69, 9.17) is 37.0 Å². The molecule has 0 bridgehead atoms. The molecule has 0 radical (unpaired) electrons. The van der Waals surface area contributed by atoms with Gasteiger partial charge in [-0.15, -0.1) is 0 Å². The largest absolute Gasteiger partial charge is 0.472 e. The van der Waals surface area contributed by atoms with E-state index in [2.05, 4.69) is 34.6 Å². The maximum Gasteiger partial charge on any atom is 0.472 e. The number of esters is 4. The summed E-state index contributed by atoms with van der Waals surface area (Å²) in [5.74, 6) is -1.31. The van der Waals surface area contributed by atoms with Crippen LogP contribution in [0, 0.1) is 5.92 Å². The monoisotopic (exact) mass is 1410 g/mol. The molecule has 19 heteroatoms. The fourth-order valence-electron chi connectivity index (χ4n) is 11.9. The number of carbonyl (C=O) groups excluding carboxylic acids is 4. The predicted molar refractivity (Wildman–Crippen MR) is 391 cm³/mol. The Bertz CT molecular complexity index is 1840. The molecule has 0 aliphatic rings. The summed E-state index contributed by atoms with van der Waals surface area (Å²) in [6.45, 7) is 7.31. The first-order valence-corrected chi connectivity index (χ1v) is 43.1. The van der Waals surface area contributed by atoms with Gasteiger partial charge in [-0.1, -0.05) is 356 Å². The second-order valence-electron chi connectivity index (χ2n) is 28.2. The Morgan fingerprint density at radius 3 is 0.708 bits per heavy atom. The molecule has 5 atom stereocenters. The predicted octanol–water partition coefficient (Wildman–Crippen LogP) is 22.9. The lowest BCUT2D eigenvalue weighted by Crippen LogP contribution is -2.30. The summed E-state index contributed by atoms with van der Waals surface area (Å²) in [7, 11) is -9.91. The number of aliphatic hydroxyl groups excluding tert-OH is 1. The Labute approximate surface area is 588 Å². The van der Waals surface area contributed by atoms with Crippen molar-refractivity contribution in [3.05, 3.63) is 0 Å². The Hall–Kier alpha value is -1.94. The van der Waals surface area contributed by atoms with E-state index in [1.807, 2.05) is 0 Å². The molecule has 3 N–H and O–H groups in total. The number of rotatable bonds is 77. The average Bonchev–Trinajstić information content (AvgIpc) is 1.42. The number of ether oxygens (including phenoxy) is 4. The number of hydrogen-bond acceptors (Lipinski definition) is 15. The highest BCUT2D eigenvalue weighted by molar-refractivity contribution is 7.47. The number of aliphatic hydroxyl groups is 1. The summed E-state index contributed by atoms with van der Waals surface area (Å²) in [4.78, 5) is 72.8. The van der Waals surface area contributed by atoms with Crippen LogP contribution in [0.5, 0.6) is 0 Å². The third-order valence-corrected chi connectivity index (χ3v) is 19.9. The van der Waals surface area contributed by atoms with Crippen molar-refractivity contribution in [1.29, 1.82) is 0 Å². The second-order valence-corrected chi connectivity index (χ2v) is 31.1. The molecular formula is C77H150O17P2. The average molecular weight is 1410 g/mol. The number of hydrogen-bond donors (Lipinski definition) is 3. The number of carbonyl (C=O) groups is 4. The maximum absolute atomic E-state index is 13.1. The molecule has 0 aliphatic heterocycles. The molecule has 0 spiro atoms. The molecule has 0 aliphatic carbocycles. The summed E-state index contributed by atoms with van der Waals surface area (Å²) in [5.41, 5.74) is 0. The molecule has 0 aromatic rings. The van der Waals surface area contributed by atoms with Crippen LogP contribution in [0.15, 0.2) is 0 Å². The first-order valence-electron chi connectivity index (χ1n) is 40.1. The zero-order chi connectivity index (χ0) is 70.5. The van der Waals surface area contributed by atoms with Crippen LogP contribution in [-0.4, -0.2) is 96.7 Å². The third kappa shape index (κ3) is 70.5. The van der Waals surface area contributed by atoms with Crippen LogP contribution in [0.2, 0.25) is 0 Å². The molecule has 570 valence electrons. The lowest BCUT2D eigenvalue weighted by molar-refractivity contribution is -0.161. The number of unbranched alkanes of at least 4 members (excludes halogenated alkanes) is 49. The molecule has 96 heavy (non-hydrogen) atoms. The maximum atomic E-state index is 13.1. The van der Waals surface area contributed by atoms with Gasteiger partial charge in [0.1, 0.15) is 19.3 Å². The number of phosphoric ester groups is 2. The lowest BCUT2D eigenvalue weighted by Gasteiger charge is -2.21. The summed E-state index contributed by atoms with van der Waals surface area (Å²) in [6.07, 6.45) is 59.6. The second kappa shape index (κ2) is 70.1. The van der Waals surface area contributed by atoms with Crippen LogP contribution in [-0.2, 0) is 65.4 Å². The Morgan fingerprint density at radius 1 is 0.281 bits per heavy atom. The summed E-state index contributed by atoms with van der Waals surface area (Å²) < 4.78 is 68.5. The summed E-state index contributed by atoms with van der Waals surface area (Å²) in [5, 5.41) is 10.6. The van der Waals surface area contributed by atoms with E-state index < -0.39 is 97.5 Å². The first-order chi connectivity index (χ1) is 46.5. The van der Waals surface area contributed by atoms with Gasteiger partial charge in [-0.2, -0.15) is 0 Å². The van der Waals surface area contributed by atoms with Crippen LogP contribution in [0.1, 0.15) is 407 Å². The Morgan fingerprint density at radius 2 is 0.479 bits per heavy atom. The van der Waals surface area contributed by atoms with Crippen molar-refractivity contribution in [3.8, 4) is 0 Å². The Balaban J connectivity index is 5.21. The summed E-state index contributed by atoms with van der Waals surface area (Å²) in [6, 6.07) is 0. The molecule has 0 saturated carbocycles. The van der Waals surface area contributed by atoms with Gasteiger partial charge < -0.3 is 33.8 Å². The highest BCUT2D eigenvalue weighted by atomic mass is 31.2. The van der Waals surface area contributed by atoms with Crippen LogP contribution in [0.3, 0.4) is 0 Å². The zero-order valence-electron chi connectivity index (χ0n) is 62.5. The van der Waals surface area contributed by atoms with Crippen LogP contribution >= 0.6 is 15.6 Å². The van der Waals surface area contributed by atoms with Gasteiger partial charge in [0.15, 0.2) is 12.2 Å². The SMILES string of the molecule is CCCCCCCCCCCCCCCCCCC(=O)OC[C@H](COP(=O)(O)OC[C@@H](O)COP(=O)(O)OC[C@@H](COC(=O)CCCCCCCCCC)OC(=O)CCCCCCCCCCCCCCCC)OC(=O)CCCCCCCCCCCCCCCCCC(C)C. The molecule has 17 nitrogen and oxygen atoms in total. The molecule has 0 fully saturated rings. The van der Waals surface area contributed by atoms with Crippen molar-refractivity contribution in [2.75, 3.05) is 39.6 Å². The highest BCUT2D eigenvalue weighted by Crippen LogP contribution is 2.45. The standard InChI is InChI=1S/C77H150O17P2/c1-6-9-12-15-18-21-23-25-27-30-34-37-41-46-51-56-61-75(80)88-67-73(94-77(82)63-58-53-48-43-39-35-31-28-29-32-36-40-44-49-54-59-70(4)5)69-92-96(85,86)90-65-71(78)64-89-95(83,84)91-68-72(66-87-74(79)60-55-50-45-20-17-14-11-8-3)93-76(81)62-57-52-47-42-38-33-26-24-22-19-16-13-10-7-2/h70-73,78H,6-69H2,1-5H3,(H,83,84)(H,85,86)/t71-,72+,73+/m0/s1. The van der Waals surface area contributed by atoms with Crippen molar-refractivity contribution in [2.24, 2.45) is 5.92 Å². The molecule has 0 amide bonds. The van der Waals surface area contributed by atoms with Gasteiger partial charge in [0, 0.05) is 25.7 Å². The molecule has 0 heterocycles. The quantitative estimate of drug-likeness (QED) is 0.0222. The van der Waals surface area contributed by atoms with Crippen LogP contribution < -0.4 is 0 Å². The normalized spacial score (nSPS) is 13.9. The van der Waals surface area contributed by atoms with E-state index in [-0.39, 0.29) is 25.7 Å². The van der Waals surface area contributed by atoms with Gasteiger partial charge in [0.2, 0.25) is 0 Å². The minimum atomic E-state index is -4.96. The van der Waals surface area contributed by atoms with Crippen LogP contribution in [0.4, 0.5) is 0 Å². The fraction of sp³-hybridized carbons (Fsp3) is 0.948. The lowest BCUT2D eigenvalue weighted by atomic mass is 10.0. The van der Waals surface area contributed by atoms with Crippen molar-refractivity contribution < 1.29 is 80.2 Å². The first kappa shape index (κ1) is 94.1. The topological polar surface area (TPSA) is 237 Å². The van der Waals surface area contributed by atoms with E-state index in [1.165, 1.54) is 225 Å². The fourth-order valence-corrected chi connectivity index (χ4v) is 13.5.